The number of rotatable bonds is 2. The summed E-state index contributed by atoms with van der Waals surface area (Å²) >= 11 is 0. The molecule has 102 valence electrons. The fourth-order valence-corrected chi connectivity index (χ4v) is 2.05. The Kier molecular flexibility index (Phi) is 3.09. The maximum atomic E-state index is 11.5. The molecular formula is C13H17N3O3. The van der Waals surface area contributed by atoms with Gasteiger partial charge in [0.2, 0.25) is 0 Å². The minimum absolute atomic E-state index is 0.495. The molecule has 0 unspecified atom stereocenters. The molecule has 0 spiro atoms. The van der Waals surface area contributed by atoms with Crippen molar-refractivity contribution in [3.63, 3.8) is 0 Å². The Morgan fingerprint density at radius 1 is 1.42 bits per heavy atom. The maximum absolute atomic E-state index is 11.5. The topological polar surface area (TPSA) is 78.5 Å². The van der Waals surface area contributed by atoms with Gasteiger partial charge in [-0.1, -0.05) is 0 Å². The van der Waals surface area contributed by atoms with Crippen LogP contribution in [0.3, 0.4) is 0 Å². The summed E-state index contributed by atoms with van der Waals surface area (Å²) in [5.41, 5.74) is 0.743. The van der Waals surface area contributed by atoms with Crippen molar-refractivity contribution in [2.75, 3.05) is 12.0 Å². The Hall–Kier alpha value is -2.24. The third-order valence-electron chi connectivity index (χ3n) is 2.84. The molecule has 2 rings (SSSR count). The van der Waals surface area contributed by atoms with E-state index < -0.39 is 11.6 Å². The van der Waals surface area contributed by atoms with Gasteiger partial charge in [0.15, 0.2) is 0 Å². The normalized spacial score (nSPS) is 11.6. The smallest absolute Gasteiger partial charge is 0.412 e. The first-order valence-electron chi connectivity index (χ1n) is 5.89. The molecule has 19 heavy (non-hydrogen) atoms. The summed E-state index contributed by atoms with van der Waals surface area (Å²) in [5.74, 6) is 0.495. The molecular weight excluding hydrogens is 246 g/mol. The molecule has 0 atom stereocenters. The van der Waals surface area contributed by atoms with Crippen molar-refractivity contribution in [1.29, 1.82) is 0 Å². The number of hydrogen-bond acceptors (Lipinski definition) is 3. The van der Waals surface area contributed by atoms with Crippen LogP contribution in [0.5, 0.6) is 5.75 Å². The number of benzene rings is 1. The lowest BCUT2D eigenvalue weighted by atomic mass is 10.0. The van der Waals surface area contributed by atoms with Crippen LogP contribution < -0.4 is 9.64 Å². The van der Waals surface area contributed by atoms with Gasteiger partial charge in [0.1, 0.15) is 5.75 Å². The summed E-state index contributed by atoms with van der Waals surface area (Å²) in [6, 6.07) is 3.51. The van der Waals surface area contributed by atoms with Gasteiger partial charge in [0, 0.05) is 17.0 Å². The third-order valence-corrected chi connectivity index (χ3v) is 2.84. The van der Waals surface area contributed by atoms with Gasteiger partial charge in [-0.25, -0.2) is 4.79 Å². The highest BCUT2D eigenvalue weighted by atomic mass is 16.5. The van der Waals surface area contributed by atoms with Crippen LogP contribution in [-0.4, -0.2) is 34.0 Å². The van der Waals surface area contributed by atoms with E-state index in [1.165, 1.54) is 12.0 Å². The Morgan fingerprint density at radius 2 is 2.11 bits per heavy atom. The number of nitrogens with zero attached hydrogens (tertiary/aromatic N) is 2. The first kappa shape index (κ1) is 13.2. The molecule has 1 heterocycles. The predicted molar refractivity (Wildman–Crippen MR) is 72.9 cm³/mol. The van der Waals surface area contributed by atoms with Gasteiger partial charge in [-0.15, -0.1) is 0 Å². The first-order chi connectivity index (χ1) is 8.84. The monoisotopic (exact) mass is 263 g/mol. The van der Waals surface area contributed by atoms with E-state index in [0.29, 0.717) is 11.4 Å². The van der Waals surface area contributed by atoms with E-state index in [0.717, 1.165) is 10.9 Å². The van der Waals surface area contributed by atoms with Gasteiger partial charge in [0.05, 0.1) is 24.5 Å². The molecule has 2 N–H and O–H groups in total. The summed E-state index contributed by atoms with van der Waals surface area (Å²) in [7, 11) is 1.52. The summed E-state index contributed by atoms with van der Waals surface area (Å²) in [4.78, 5) is 12.8. The number of carboxylic acid groups (broad SMARTS) is 1. The van der Waals surface area contributed by atoms with E-state index in [1.54, 1.807) is 18.3 Å². The highest BCUT2D eigenvalue weighted by Gasteiger charge is 2.30. The van der Waals surface area contributed by atoms with E-state index in [1.807, 2.05) is 20.8 Å². The van der Waals surface area contributed by atoms with Crippen LogP contribution >= 0.6 is 0 Å². The molecule has 0 saturated carbocycles. The van der Waals surface area contributed by atoms with E-state index >= 15 is 0 Å². The van der Waals surface area contributed by atoms with Crippen molar-refractivity contribution >= 4 is 22.7 Å². The van der Waals surface area contributed by atoms with Crippen LogP contribution in [-0.2, 0) is 0 Å². The maximum Gasteiger partial charge on any atom is 0.412 e. The molecule has 0 bridgehead atoms. The van der Waals surface area contributed by atoms with Gasteiger partial charge in [-0.05, 0) is 26.8 Å². The number of H-pyrrole nitrogens is 1. The zero-order valence-corrected chi connectivity index (χ0v) is 11.4. The fraction of sp³-hybridized carbons (Fsp3) is 0.385. The Labute approximate surface area is 111 Å². The van der Waals surface area contributed by atoms with E-state index in [-0.39, 0.29) is 0 Å². The lowest BCUT2D eigenvalue weighted by Crippen LogP contribution is -2.45. The number of amides is 1. The molecule has 0 aliphatic rings. The van der Waals surface area contributed by atoms with Crippen molar-refractivity contribution in [3.8, 4) is 5.75 Å². The number of ether oxygens (including phenoxy) is 1. The molecule has 0 radical (unpaired) electrons. The number of methoxy groups -OCH3 is 1. The van der Waals surface area contributed by atoms with Crippen LogP contribution in [0.25, 0.3) is 10.9 Å². The van der Waals surface area contributed by atoms with Gasteiger partial charge >= 0.3 is 6.09 Å². The Balaban J connectivity index is 2.67. The summed E-state index contributed by atoms with van der Waals surface area (Å²) < 4.78 is 5.30. The molecule has 6 heteroatoms. The van der Waals surface area contributed by atoms with Crippen LogP contribution in [0.4, 0.5) is 10.5 Å². The zero-order chi connectivity index (χ0) is 14.2. The molecule has 1 amide bonds. The van der Waals surface area contributed by atoms with Gasteiger partial charge < -0.3 is 9.84 Å². The SMILES string of the molecule is COc1cc2[nH]ncc2cc1N(C(=O)O)C(C)(C)C. The number of anilines is 1. The van der Waals surface area contributed by atoms with Gasteiger partial charge in [-0.2, -0.15) is 5.10 Å². The van der Waals surface area contributed by atoms with Crippen molar-refractivity contribution in [2.24, 2.45) is 0 Å². The number of carbonyl (C=O) groups is 1. The predicted octanol–water partition coefficient (Wildman–Crippen LogP) is 2.85. The lowest BCUT2D eigenvalue weighted by Gasteiger charge is -2.34. The third kappa shape index (κ3) is 2.33. The number of hydrogen-bond donors (Lipinski definition) is 2. The van der Waals surface area contributed by atoms with Crippen LogP contribution in [0.15, 0.2) is 18.3 Å². The summed E-state index contributed by atoms with van der Waals surface area (Å²) in [6.07, 6.45) is 0.634. The molecule has 0 aliphatic heterocycles. The average molecular weight is 263 g/mol. The number of fused-ring (bicyclic) bond motifs is 1. The van der Waals surface area contributed by atoms with E-state index in [4.69, 9.17) is 4.74 Å². The molecule has 0 aliphatic carbocycles. The van der Waals surface area contributed by atoms with Crippen LogP contribution in [0.2, 0.25) is 0 Å². The minimum Gasteiger partial charge on any atom is -0.494 e. The largest absolute Gasteiger partial charge is 0.494 e. The Morgan fingerprint density at radius 3 is 2.63 bits per heavy atom. The van der Waals surface area contributed by atoms with Gasteiger partial charge in [0.25, 0.3) is 0 Å². The van der Waals surface area contributed by atoms with Crippen molar-refractivity contribution in [2.45, 2.75) is 26.3 Å². The van der Waals surface area contributed by atoms with Crippen LogP contribution in [0.1, 0.15) is 20.8 Å². The first-order valence-corrected chi connectivity index (χ1v) is 5.89. The average Bonchev–Trinajstić information content (AvgIpc) is 2.72. The number of nitrogens with one attached hydrogen (secondary N) is 1. The van der Waals surface area contributed by atoms with Crippen molar-refractivity contribution in [3.05, 3.63) is 18.3 Å². The van der Waals surface area contributed by atoms with Crippen LogP contribution in [0, 0.1) is 0 Å². The lowest BCUT2D eigenvalue weighted by molar-refractivity contribution is 0.195. The van der Waals surface area contributed by atoms with Gasteiger partial charge in [-0.3, -0.25) is 10.00 Å². The zero-order valence-electron chi connectivity index (χ0n) is 11.4. The minimum atomic E-state index is -1.02. The second-order valence-electron chi connectivity index (χ2n) is 5.27. The molecule has 6 nitrogen and oxygen atoms in total. The Bertz CT molecular complexity index is 613. The second kappa shape index (κ2) is 4.46. The molecule has 1 aromatic carbocycles. The fourth-order valence-electron chi connectivity index (χ4n) is 2.05. The highest BCUT2D eigenvalue weighted by Crippen LogP contribution is 2.36. The highest BCUT2D eigenvalue weighted by molar-refractivity contribution is 5.94. The molecule has 0 fully saturated rings. The van der Waals surface area contributed by atoms with Crippen molar-refractivity contribution in [1.82, 2.24) is 10.2 Å². The van der Waals surface area contributed by atoms with E-state index in [2.05, 4.69) is 10.2 Å². The standard InChI is InChI=1S/C13H17N3O3/c1-13(2,3)16(12(17)18)10-5-8-7-14-15-9(8)6-11(10)19-4/h5-7H,1-4H3,(H,14,15)(H,17,18). The van der Waals surface area contributed by atoms with Crippen molar-refractivity contribution < 1.29 is 14.6 Å². The number of aromatic nitrogens is 2. The molecule has 1 aromatic heterocycles. The quantitative estimate of drug-likeness (QED) is 0.873. The summed E-state index contributed by atoms with van der Waals surface area (Å²) in [5, 5.41) is 17.1. The summed E-state index contributed by atoms with van der Waals surface area (Å²) in [6.45, 7) is 5.50. The molecule has 2 aromatic rings. The molecule has 0 saturated heterocycles. The second-order valence-corrected chi connectivity index (χ2v) is 5.27. The number of aromatic amines is 1. The van der Waals surface area contributed by atoms with E-state index in [9.17, 15) is 9.90 Å².